The Balaban J connectivity index is 1.54. The maximum Gasteiger partial charge on any atom is 0.295 e. The summed E-state index contributed by atoms with van der Waals surface area (Å²) in [5.74, 6) is -0.885. The summed E-state index contributed by atoms with van der Waals surface area (Å²) in [5.41, 5.74) is 3.43. The lowest BCUT2D eigenvalue weighted by Gasteiger charge is -2.29. The summed E-state index contributed by atoms with van der Waals surface area (Å²) in [7, 11) is 0. The van der Waals surface area contributed by atoms with Crippen LogP contribution in [0.25, 0.3) is 11.4 Å². The van der Waals surface area contributed by atoms with Gasteiger partial charge in [-0.3, -0.25) is 14.5 Å². The summed E-state index contributed by atoms with van der Waals surface area (Å²) in [6.07, 6.45) is 4.51. The van der Waals surface area contributed by atoms with E-state index in [1.54, 1.807) is 4.90 Å². The third-order valence-corrected chi connectivity index (χ3v) is 7.77. The van der Waals surface area contributed by atoms with E-state index in [0.29, 0.717) is 55.6 Å². The summed E-state index contributed by atoms with van der Waals surface area (Å²) >= 11 is 0. The number of fused-ring (bicyclic) bond motifs is 1. The molecule has 1 atom stereocenters. The summed E-state index contributed by atoms with van der Waals surface area (Å²) in [4.78, 5) is 35.6. The number of benzene rings is 1. The van der Waals surface area contributed by atoms with Crippen molar-refractivity contribution in [1.29, 1.82) is 0 Å². The monoisotopic (exact) mass is 546 g/mol. The minimum Gasteiger partial charge on any atom is -0.505 e. The number of carbonyl (C=O) groups is 2. The van der Waals surface area contributed by atoms with Crippen molar-refractivity contribution < 1.29 is 24.2 Å². The molecule has 0 saturated carbocycles. The van der Waals surface area contributed by atoms with Crippen LogP contribution in [0.5, 0.6) is 5.75 Å². The van der Waals surface area contributed by atoms with Crippen LogP contribution in [-0.4, -0.2) is 82.0 Å². The molecule has 2 aliphatic heterocycles. The van der Waals surface area contributed by atoms with Gasteiger partial charge in [0.15, 0.2) is 5.76 Å². The van der Waals surface area contributed by atoms with Crippen LogP contribution in [0.2, 0.25) is 0 Å². The van der Waals surface area contributed by atoms with E-state index in [1.807, 2.05) is 60.8 Å². The predicted molar refractivity (Wildman–Crippen MR) is 152 cm³/mol. The smallest absolute Gasteiger partial charge is 0.295 e. The van der Waals surface area contributed by atoms with Crippen molar-refractivity contribution in [2.45, 2.75) is 46.1 Å². The number of unbranched alkanes of at least 4 members (excludes halogenated alkanes) is 1. The maximum absolute atomic E-state index is 13.6. The lowest BCUT2D eigenvalue weighted by molar-refractivity contribution is -0.140. The lowest BCUT2D eigenvalue weighted by Crippen LogP contribution is -2.38. The van der Waals surface area contributed by atoms with Crippen molar-refractivity contribution in [2.24, 2.45) is 0 Å². The van der Waals surface area contributed by atoms with Crippen LogP contribution in [0, 0.1) is 13.8 Å². The fourth-order valence-corrected chi connectivity index (χ4v) is 5.53. The number of imidazole rings is 1. The molecule has 4 heterocycles. The predicted octanol–water partition coefficient (Wildman–Crippen LogP) is 4.27. The number of aryl methyl sites for hydroxylation is 2. The van der Waals surface area contributed by atoms with Gasteiger partial charge in [-0.15, -0.1) is 0 Å². The standard InChI is InChI=1S/C31H38N4O5/c1-4-5-17-40-24-11-6-10-23(20-24)27-25(28(36)26-22(3)34-13-7-9-21(2)30(34)32-26)29(37)31(38)35(27)14-8-12-33-15-18-39-19-16-33/h6-7,9-11,13,20,27,36H,4-5,8,12,14-19H2,1-3H3. The van der Waals surface area contributed by atoms with Gasteiger partial charge in [0.2, 0.25) is 0 Å². The number of aromatic nitrogens is 2. The van der Waals surface area contributed by atoms with Gasteiger partial charge in [-0.2, -0.15) is 0 Å². The van der Waals surface area contributed by atoms with Gasteiger partial charge in [-0.05, 0) is 56.0 Å². The Morgan fingerprint density at radius 1 is 1.10 bits per heavy atom. The van der Waals surface area contributed by atoms with Crippen LogP contribution < -0.4 is 4.74 Å². The number of amides is 1. The number of pyridine rings is 1. The van der Waals surface area contributed by atoms with Gasteiger partial charge >= 0.3 is 0 Å². The SMILES string of the molecule is CCCCOc1cccc(C2C(=C(O)c3nc4c(C)cccn4c3C)C(=O)C(=O)N2CCCN2CCOCC2)c1. The fourth-order valence-electron chi connectivity index (χ4n) is 5.53. The highest BCUT2D eigenvalue weighted by molar-refractivity contribution is 6.46. The summed E-state index contributed by atoms with van der Waals surface area (Å²) in [6, 6.07) is 10.6. The molecule has 0 aliphatic carbocycles. The van der Waals surface area contributed by atoms with Crippen LogP contribution >= 0.6 is 0 Å². The number of aliphatic hydroxyl groups excluding tert-OH is 1. The number of nitrogens with zero attached hydrogens (tertiary/aromatic N) is 4. The molecule has 0 bridgehead atoms. The maximum atomic E-state index is 13.6. The Labute approximate surface area is 235 Å². The van der Waals surface area contributed by atoms with E-state index in [2.05, 4.69) is 16.8 Å². The minimum atomic E-state index is -0.746. The van der Waals surface area contributed by atoms with E-state index in [9.17, 15) is 14.7 Å². The molecule has 1 N–H and O–H groups in total. The number of likely N-dealkylation sites (tertiary alicyclic amines) is 1. The van der Waals surface area contributed by atoms with E-state index in [1.165, 1.54) is 0 Å². The molecule has 9 heteroatoms. The molecule has 212 valence electrons. The third kappa shape index (κ3) is 5.48. The fraction of sp³-hybridized carbons (Fsp3) is 0.452. The Hall–Kier alpha value is -3.69. The van der Waals surface area contributed by atoms with Gasteiger partial charge in [0.25, 0.3) is 11.7 Å². The zero-order chi connectivity index (χ0) is 28.2. The molecule has 2 saturated heterocycles. The molecule has 1 unspecified atom stereocenters. The highest BCUT2D eigenvalue weighted by atomic mass is 16.5. The summed E-state index contributed by atoms with van der Waals surface area (Å²) in [5, 5.41) is 11.7. The zero-order valence-corrected chi connectivity index (χ0v) is 23.6. The van der Waals surface area contributed by atoms with Crippen LogP contribution in [-0.2, 0) is 14.3 Å². The normalized spacial score (nSPS) is 19.6. The van der Waals surface area contributed by atoms with Gasteiger partial charge in [0.05, 0.1) is 37.1 Å². The molecule has 1 aromatic carbocycles. The molecule has 1 amide bonds. The van der Waals surface area contributed by atoms with E-state index < -0.39 is 17.7 Å². The second-order valence-electron chi connectivity index (χ2n) is 10.5. The average molecular weight is 547 g/mol. The Morgan fingerprint density at radius 3 is 2.65 bits per heavy atom. The molecule has 40 heavy (non-hydrogen) atoms. The van der Waals surface area contributed by atoms with Crippen LogP contribution in [0.15, 0.2) is 48.2 Å². The van der Waals surface area contributed by atoms with Gasteiger partial charge in [-0.1, -0.05) is 31.5 Å². The number of morpholine rings is 1. The zero-order valence-electron chi connectivity index (χ0n) is 23.6. The molecule has 3 aromatic rings. The van der Waals surface area contributed by atoms with Crippen molar-refractivity contribution >= 4 is 23.1 Å². The number of aliphatic hydroxyl groups is 1. The minimum absolute atomic E-state index is 0.0613. The quantitative estimate of drug-likeness (QED) is 0.176. The molecule has 0 radical (unpaired) electrons. The summed E-state index contributed by atoms with van der Waals surface area (Å²) in [6.45, 7) is 10.8. The van der Waals surface area contributed by atoms with Crippen LogP contribution in [0.3, 0.4) is 0 Å². The first kappa shape index (κ1) is 27.9. The largest absolute Gasteiger partial charge is 0.505 e. The molecule has 0 spiro atoms. The van der Waals surface area contributed by atoms with Crippen molar-refractivity contribution in [3.63, 3.8) is 0 Å². The number of ether oxygens (including phenoxy) is 2. The number of rotatable bonds is 10. The second-order valence-corrected chi connectivity index (χ2v) is 10.5. The lowest BCUT2D eigenvalue weighted by atomic mass is 9.96. The molecular formula is C31H38N4O5. The first-order valence-electron chi connectivity index (χ1n) is 14.2. The van der Waals surface area contributed by atoms with Crippen molar-refractivity contribution in [3.05, 3.63) is 70.7 Å². The highest BCUT2D eigenvalue weighted by Gasteiger charge is 2.46. The first-order chi connectivity index (χ1) is 19.4. The highest BCUT2D eigenvalue weighted by Crippen LogP contribution is 2.40. The molecule has 2 aromatic heterocycles. The number of ketones is 1. The van der Waals surface area contributed by atoms with Crippen LogP contribution in [0.4, 0.5) is 0 Å². The molecule has 5 rings (SSSR count). The molecule has 2 fully saturated rings. The molecule has 9 nitrogen and oxygen atoms in total. The number of Topliss-reactive ketones (excluding diaryl/α,β-unsaturated/α-hetero) is 1. The van der Waals surface area contributed by atoms with Crippen molar-refractivity contribution in [1.82, 2.24) is 19.2 Å². The number of hydrogen-bond donors (Lipinski definition) is 1. The molecule has 2 aliphatic rings. The van der Waals surface area contributed by atoms with E-state index in [4.69, 9.17) is 9.47 Å². The Bertz CT molecular complexity index is 1420. The van der Waals surface area contributed by atoms with Gasteiger partial charge in [-0.25, -0.2) is 4.98 Å². The first-order valence-corrected chi connectivity index (χ1v) is 14.2. The third-order valence-electron chi connectivity index (χ3n) is 7.77. The molecular weight excluding hydrogens is 508 g/mol. The van der Waals surface area contributed by atoms with Crippen molar-refractivity contribution in [2.75, 3.05) is 46.0 Å². The van der Waals surface area contributed by atoms with E-state index in [-0.39, 0.29) is 11.3 Å². The number of hydrogen-bond acceptors (Lipinski definition) is 7. The Kier molecular flexibility index (Phi) is 8.52. The van der Waals surface area contributed by atoms with Gasteiger partial charge < -0.3 is 23.9 Å². The van der Waals surface area contributed by atoms with E-state index in [0.717, 1.165) is 43.6 Å². The Morgan fingerprint density at radius 2 is 1.90 bits per heavy atom. The van der Waals surface area contributed by atoms with E-state index >= 15 is 0 Å². The number of carbonyl (C=O) groups excluding carboxylic acids is 2. The van der Waals surface area contributed by atoms with Crippen LogP contribution in [0.1, 0.15) is 54.7 Å². The second kappa shape index (κ2) is 12.2. The van der Waals surface area contributed by atoms with Crippen molar-refractivity contribution in [3.8, 4) is 5.75 Å². The van der Waals surface area contributed by atoms with Gasteiger partial charge in [0.1, 0.15) is 17.1 Å². The summed E-state index contributed by atoms with van der Waals surface area (Å²) < 4.78 is 13.3. The topological polar surface area (TPSA) is 96.6 Å². The van der Waals surface area contributed by atoms with Gasteiger partial charge in [0, 0.05) is 32.4 Å². The average Bonchev–Trinajstić information content (AvgIpc) is 3.44.